The summed E-state index contributed by atoms with van der Waals surface area (Å²) in [7, 11) is 1.55. The van der Waals surface area contributed by atoms with E-state index in [1.54, 1.807) is 31.4 Å². The number of benzene rings is 1. The van der Waals surface area contributed by atoms with Crippen molar-refractivity contribution >= 4 is 18.0 Å². The number of rotatable bonds is 6. The Labute approximate surface area is 135 Å². The Morgan fingerprint density at radius 3 is 2.74 bits per heavy atom. The fourth-order valence-corrected chi connectivity index (χ4v) is 2.07. The maximum atomic E-state index is 11.7. The summed E-state index contributed by atoms with van der Waals surface area (Å²) in [6.07, 6.45) is 2.48. The smallest absolute Gasteiger partial charge is 0.347 e. The van der Waals surface area contributed by atoms with Crippen molar-refractivity contribution < 1.29 is 28.5 Å². The molecule has 1 aromatic carbocycles. The third-order valence-electron chi connectivity index (χ3n) is 3.11. The monoisotopic (exact) mass is 320 g/mol. The van der Waals surface area contributed by atoms with E-state index in [2.05, 4.69) is 0 Å². The molecule has 6 heteroatoms. The second-order valence-electron chi connectivity index (χ2n) is 5.29. The van der Waals surface area contributed by atoms with Crippen molar-refractivity contribution in [2.24, 2.45) is 0 Å². The SMILES string of the molecule is COc1cc(/C=C/C(=O)O[C@H]2CCOC2=O)ccc1OC(C)C. The average molecular weight is 320 g/mol. The molecule has 6 nitrogen and oxygen atoms in total. The predicted octanol–water partition coefficient (Wildman–Crippen LogP) is 2.35. The first-order valence-corrected chi connectivity index (χ1v) is 7.39. The lowest BCUT2D eigenvalue weighted by molar-refractivity contribution is -0.156. The summed E-state index contributed by atoms with van der Waals surface area (Å²) in [5.74, 6) is 0.128. The highest BCUT2D eigenvalue weighted by Crippen LogP contribution is 2.29. The second-order valence-corrected chi connectivity index (χ2v) is 5.29. The van der Waals surface area contributed by atoms with Crippen molar-refractivity contribution in [1.82, 2.24) is 0 Å². The molecule has 1 aliphatic heterocycles. The summed E-state index contributed by atoms with van der Waals surface area (Å²) >= 11 is 0. The standard InChI is InChI=1S/C17H20O6/c1-11(2)22-13-6-4-12(10-15(13)20-3)5-7-16(18)23-14-8-9-21-17(14)19/h4-7,10-11,14H,8-9H2,1-3H3/b7-5+/t14-/m0/s1. The van der Waals surface area contributed by atoms with Gasteiger partial charge in [-0.2, -0.15) is 0 Å². The summed E-state index contributed by atoms with van der Waals surface area (Å²) in [5, 5.41) is 0. The van der Waals surface area contributed by atoms with Crippen molar-refractivity contribution in [2.75, 3.05) is 13.7 Å². The van der Waals surface area contributed by atoms with Crippen LogP contribution in [0.5, 0.6) is 11.5 Å². The van der Waals surface area contributed by atoms with Crippen LogP contribution >= 0.6 is 0 Å². The van der Waals surface area contributed by atoms with E-state index < -0.39 is 18.0 Å². The third-order valence-corrected chi connectivity index (χ3v) is 3.11. The van der Waals surface area contributed by atoms with Crippen molar-refractivity contribution in [2.45, 2.75) is 32.5 Å². The maximum Gasteiger partial charge on any atom is 0.347 e. The van der Waals surface area contributed by atoms with Crippen molar-refractivity contribution in [1.29, 1.82) is 0 Å². The summed E-state index contributed by atoms with van der Waals surface area (Å²) in [4.78, 5) is 23.0. The third kappa shape index (κ3) is 4.74. The number of hydrogen-bond donors (Lipinski definition) is 0. The van der Waals surface area contributed by atoms with Gasteiger partial charge in [0.25, 0.3) is 0 Å². The number of hydrogen-bond acceptors (Lipinski definition) is 6. The van der Waals surface area contributed by atoms with Crippen LogP contribution in [0.3, 0.4) is 0 Å². The van der Waals surface area contributed by atoms with E-state index in [0.29, 0.717) is 17.9 Å². The Morgan fingerprint density at radius 2 is 2.13 bits per heavy atom. The normalized spacial score (nSPS) is 17.4. The number of carbonyl (C=O) groups excluding carboxylic acids is 2. The van der Waals surface area contributed by atoms with Crippen molar-refractivity contribution in [3.63, 3.8) is 0 Å². The van der Waals surface area contributed by atoms with Crippen LogP contribution in [0.25, 0.3) is 6.08 Å². The zero-order chi connectivity index (χ0) is 16.8. The highest BCUT2D eigenvalue weighted by Gasteiger charge is 2.29. The van der Waals surface area contributed by atoms with Crippen LogP contribution < -0.4 is 9.47 Å². The average Bonchev–Trinajstić information content (AvgIpc) is 2.91. The molecule has 1 aliphatic rings. The molecular weight excluding hydrogens is 300 g/mol. The lowest BCUT2D eigenvalue weighted by Gasteiger charge is -2.13. The molecule has 2 rings (SSSR count). The van der Waals surface area contributed by atoms with Crippen LogP contribution in [0.1, 0.15) is 25.8 Å². The molecule has 1 fully saturated rings. The molecule has 1 atom stereocenters. The van der Waals surface area contributed by atoms with Gasteiger partial charge in [0.1, 0.15) is 0 Å². The Hall–Kier alpha value is -2.50. The topological polar surface area (TPSA) is 71.1 Å². The van der Waals surface area contributed by atoms with Gasteiger partial charge in [-0.25, -0.2) is 9.59 Å². The van der Waals surface area contributed by atoms with Crippen molar-refractivity contribution in [3.8, 4) is 11.5 Å². The van der Waals surface area contributed by atoms with Gasteiger partial charge in [-0.3, -0.25) is 0 Å². The summed E-state index contributed by atoms with van der Waals surface area (Å²) < 4.78 is 20.7. The van der Waals surface area contributed by atoms with Crippen molar-refractivity contribution in [3.05, 3.63) is 29.8 Å². The molecule has 0 saturated carbocycles. The zero-order valence-corrected chi connectivity index (χ0v) is 13.4. The highest BCUT2D eigenvalue weighted by molar-refractivity contribution is 5.89. The summed E-state index contributed by atoms with van der Waals surface area (Å²) in [6, 6.07) is 5.33. The maximum absolute atomic E-state index is 11.7. The van der Waals surface area contributed by atoms with Crippen LogP contribution in [0.2, 0.25) is 0 Å². The fourth-order valence-electron chi connectivity index (χ4n) is 2.07. The number of methoxy groups -OCH3 is 1. The van der Waals surface area contributed by atoms with Gasteiger partial charge in [0.2, 0.25) is 6.10 Å². The molecular formula is C17H20O6. The first kappa shape index (κ1) is 16.9. The van der Waals surface area contributed by atoms with Crippen LogP contribution in [-0.2, 0) is 19.1 Å². The molecule has 0 aromatic heterocycles. The summed E-state index contributed by atoms with van der Waals surface area (Å²) in [6.45, 7) is 4.14. The number of cyclic esters (lactones) is 1. The van der Waals surface area contributed by atoms with Gasteiger partial charge in [-0.1, -0.05) is 6.07 Å². The lowest BCUT2D eigenvalue weighted by atomic mass is 10.2. The molecule has 0 amide bonds. The van der Waals surface area contributed by atoms with Gasteiger partial charge in [0, 0.05) is 12.5 Å². The second kappa shape index (κ2) is 7.67. The molecule has 0 unspecified atom stereocenters. The van der Waals surface area contributed by atoms with E-state index in [1.807, 2.05) is 13.8 Å². The molecule has 0 bridgehead atoms. The minimum absolute atomic E-state index is 0.0337. The van der Waals surface area contributed by atoms with Gasteiger partial charge >= 0.3 is 11.9 Å². The minimum atomic E-state index is -0.802. The van der Waals surface area contributed by atoms with E-state index in [4.69, 9.17) is 18.9 Å². The molecule has 23 heavy (non-hydrogen) atoms. The van der Waals surface area contributed by atoms with Crippen LogP contribution in [0.15, 0.2) is 24.3 Å². The van der Waals surface area contributed by atoms with Gasteiger partial charge in [0.05, 0.1) is 19.8 Å². The minimum Gasteiger partial charge on any atom is -0.493 e. The number of ether oxygens (including phenoxy) is 4. The lowest BCUT2D eigenvalue weighted by Crippen LogP contribution is -2.21. The molecule has 1 heterocycles. The summed E-state index contributed by atoms with van der Waals surface area (Å²) in [5.41, 5.74) is 0.754. The predicted molar refractivity (Wildman–Crippen MR) is 83.2 cm³/mol. The Morgan fingerprint density at radius 1 is 1.35 bits per heavy atom. The van der Waals surface area contributed by atoms with Crippen LogP contribution in [0, 0.1) is 0 Å². The Balaban J connectivity index is 2.01. The van der Waals surface area contributed by atoms with Gasteiger partial charge < -0.3 is 18.9 Å². The largest absolute Gasteiger partial charge is 0.493 e. The van der Waals surface area contributed by atoms with E-state index in [1.165, 1.54) is 6.08 Å². The number of esters is 2. The molecule has 1 saturated heterocycles. The molecule has 0 spiro atoms. The first-order valence-electron chi connectivity index (χ1n) is 7.39. The van der Waals surface area contributed by atoms with E-state index in [-0.39, 0.29) is 12.7 Å². The van der Waals surface area contributed by atoms with Crippen LogP contribution in [0.4, 0.5) is 0 Å². The number of carbonyl (C=O) groups is 2. The van der Waals surface area contributed by atoms with E-state index >= 15 is 0 Å². The van der Waals surface area contributed by atoms with E-state index in [0.717, 1.165) is 5.56 Å². The molecule has 1 aromatic rings. The highest BCUT2D eigenvalue weighted by atomic mass is 16.6. The zero-order valence-electron chi connectivity index (χ0n) is 13.4. The van der Waals surface area contributed by atoms with Gasteiger partial charge in [-0.15, -0.1) is 0 Å². The van der Waals surface area contributed by atoms with E-state index in [9.17, 15) is 9.59 Å². The quantitative estimate of drug-likeness (QED) is 0.592. The molecule has 0 radical (unpaired) electrons. The molecule has 0 N–H and O–H groups in total. The Kier molecular flexibility index (Phi) is 5.62. The molecule has 0 aliphatic carbocycles. The first-order chi connectivity index (χ1) is 11.0. The van der Waals surface area contributed by atoms with Gasteiger partial charge in [-0.05, 0) is 37.6 Å². The molecule has 124 valence electrons. The Bertz CT molecular complexity index is 605. The fraction of sp³-hybridized carbons (Fsp3) is 0.412. The van der Waals surface area contributed by atoms with Gasteiger partial charge in [0.15, 0.2) is 11.5 Å². The van der Waals surface area contributed by atoms with Crippen LogP contribution in [-0.4, -0.2) is 37.9 Å².